The zero-order valence-corrected chi connectivity index (χ0v) is 17.7. The standard InChI is InChI=1S/C19H31N5O2S/c1-23(2)17(25)14-22-19(21-11-12-27-5)20-10-9-15-7-6-8-16(13-15)18(26)24(3)4/h6-8,13H,9-12,14H2,1-5H3,(H2,20,21,22). The van der Waals surface area contributed by atoms with Crippen molar-refractivity contribution in [1.29, 1.82) is 0 Å². The second kappa shape index (κ2) is 12.2. The number of carbonyl (C=O) groups is 2. The molecule has 0 spiro atoms. The molecule has 0 unspecified atom stereocenters. The Morgan fingerprint density at radius 3 is 2.41 bits per heavy atom. The Morgan fingerprint density at radius 1 is 1.07 bits per heavy atom. The van der Waals surface area contributed by atoms with Crippen molar-refractivity contribution in [2.75, 3.05) is 59.8 Å². The number of guanidine groups is 1. The minimum absolute atomic E-state index is 0.00649. The number of carbonyl (C=O) groups excluding carboxylic acids is 2. The molecule has 2 N–H and O–H groups in total. The van der Waals surface area contributed by atoms with Crippen LogP contribution in [-0.2, 0) is 11.2 Å². The van der Waals surface area contributed by atoms with E-state index < -0.39 is 0 Å². The van der Waals surface area contributed by atoms with Gasteiger partial charge in [-0.05, 0) is 30.4 Å². The van der Waals surface area contributed by atoms with Gasteiger partial charge in [0.15, 0.2) is 5.96 Å². The van der Waals surface area contributed by atoms with Gasteiger partial charge < -0.3 is 20.4 Å². The molecule has 2 amide bonds. The molecule has 1 rings (SSSR count). The third-order valence-electron chi connectivity index (χ3n) is 3.76. The molecule has 7 nitrogen and oxygen atoms in total. The zero-order chi connectivity index (χ0) is 20.2. The van der Waals surface area contributed by atoms with Crippen LogP contribution in [0, 0.1) is 0 Å². The van der Waals surface area contributed by atoms with Crippen LogP contribution in [-0.4, -0.2) is 87.4 Å². The number of aliphatic imine (C=N–C) groups is 1. The largest absolute Gasteiger partial charge is 0.356 e. The minimum atomic E-state index is -0.0455. The molecular formula is C19H31N5O2S. The van der Waals surface area contributed by atoms with Crippen molar-refractivity contribution in [3.63, 3.8) is 0 Å². The summed E-state index contributed by atoms with van der Waals surface area (Å²) in [6, 6.07) is 7.63. The number of nitrogens with zero attached hydrogens (tertiary/aromatic N) is 3. The van der Waals surface area contributed by atoms with E-state index >= 15 is 0 Å². The number of nitrogens with one attached hydrogen (secondary N) is 2. The molecule has 8 heteroatoms. The molecule has 0 aliphatic rings. The first kappa shape index (κ1) is 22.8. The number of rotatable bonds is 9. The number of hydrogen-bond acceptors (Lipinski definition) is 4. The van der Waals surface area contributed by atoms with E-state index in [-0.39, 0.29) is 18.4 Å². The van der Waals surface area contributed by atoms with Gasteiger partial charge in [0.1, 0.15) is 6.54 Å². The molecule has 0 saturated heterocycles. The van der Waals surface area contributed by atoms with Gasteiger partial charge in [-0.25, -0.2) is 4.99 Å². The lowest BCUT2D eigenvalue weighted by Gasteiger charge is -2.14. The molecule has 0 heterocycles. The van der Waals surface area contributed by atoms with Crippen LogP contribution in [0.15, 0.2) is 29.3 Å². The molecule has 0 aromatic heterocycles. The highest BCUT2D eigenvalue weighted by molar-refractivity contribution is 7.98. The Hall–Kier alpha value is -2.22. The van der Waals surface area contributed by atoms with Gasteiger partial charge in [-0.2, -0.15) is 11.8 Å². The fraction of sp³-hybridized carbons (Fsp3) is 0.526. The first-order chi connectivity index (χ1) is 12.8. The predicted octanol–water partition coefficient (Wildman–Crippen LogP) is 0.917. The van der Waals surface area contributed by atoms with E-state index in [4.69, 9.17) is 0 Å². The number of hydrogen-bond donors (Lipinski definition) is 2. The summed E-state index contributed by atoms with van der Waals surface area (Å²) in [6.45, 7) is 1.53. The Balaban J connectivity index is 2.64. The highest BCUT2D eigenvalue weighted by Crippen LogP contribution is 2.07. The molecule has 150 valence electrons. The monoisotopic (exact) mass is 393 g/mol. The third kappa shape index (κ3) is 8.81. The molecule has 27 heavy (non-hydrogen) atoms. The fourth-order valence-electron chi connectivity index (χ4n) is 2.18. The van der Waals surface area contributed by atoms with Gasteiger partial charge in [-0.1, -0.05) is 12.1 Å². The van der Waals surface area contributed by atoms with Crippen molar-refractivity contribution in [2.24, 2.45) is 4.99 Å². The molecule has 0 atom stereocenters. The second-order valence-corrected chi connectivity index (χ2v) is 7.43. The predicted molar refractivity (Wildman–Crippen MR) is 114 cm³/mol. The first-order valence-corrected chi connectivity index (χ1v) is 10.3. The maximum atomic E-state index is 12.1. The Morgan fingerprint density at radius 2 is 1.78 bits per heavy atom. The Kier molecular flexibility index (Phi) is 10.3. The lowest BCUT2D eigenvalue weighted by Crippen LogP contribution is -2.40. The number of benzene rings is 1. The van der Waals surface area contributed by atoms with Gasteiger partial charge in [0.25, 0.3) is 5.91 Å². The minimum Gasteiger partial charge on any atom is -0.356 e. The third-order valence-corrected chi connectivity index (χ3v) is 4.37. The topological polar surface area (TPSA) is 77.0 Å². The smallest absolute Gasteiger partial charge is 0.253 e. The molecule has 0 bridgehead atoms. The maximum absolute atomic E-state index is 12.1. The van der Waals surface area contributed by atoms with E-state index in [9.17, 15) is 9.59 Å². The van der Waals surface area contributed by atoms with Crippen molar-refractivity contribution in [1.82, 2.24) is 20.4 Å². The van der Waals surface area contributed by atoms with Crippen LogP contribution < -0.4 is 10.6 Å². The van der Waals surface area contributed by atoms with Crippen LogP contribution in [0.4, 0.5) is 0 Å². The van der Waals surface area contributed by atoms with Crippen molar-refractivity contribution in [3.8, 4) is 0 Å². The van der Waals surface area contributed by atoms with E-state index in [0.29, 0.717) is 18.1 Å². The summed E-state index contributed by atoms with van der Waals surface area (Å²) in [5, 5.41) is 6.49. The van der Waals surface area contributed by atoms with Crippen LogP contribution in [0.25, 0.3) is 0 Å². The molecule has 1 aromatic carbocycles. The molecule has 1 aromatic rings. The van der Waals surface area contributed by atoms with Gasteiger partial charge >= 0.3 is 0 Å². The van der Waals surface area contributed by atoms with Gasteiger partial charge in [-0.3, -0.25) is 9.59 Å². The number of thioether (sulfide) groups is 1. The summed E-state index contributed by atoms with van der Waals surface area (Å²) in [7, 11) is 6.92. The van der Waals surface area contributed by atoms with E-state index in [0.717, 1.165) is 24.3 Å². The molecular weight excluding hydrogens is 362 g/mol. The average molecular weight is 394 g/mol. The highest BCUT2D eigenvalue weighted by Gasteiger charge is 2.08. The SMILES string of the molecule is CSCCNC(=NCC(=O)N(C)C)NCCc1cccc(C(=O)N(C)C)c1. The lowest BCUT2D eigenvalue weighted by atomic mass is 10.1. The molecule has 0 aliphatic carbocycles. The van der Waals surface area contributed by atoms with E-state index in [1.165, 1.54) is 4.90 Å². The molecule has 0 saturated carbocycles. The van der Waals surface area contributed by atoms with Crippen LogP contribution >= 0.6 is 11.8 Å². The maximum Gasteiger partial charge on any atom is 0.253 e. The van der Waals surface area contributed by atoms with Crippen LogP contribution in [0.2, 0.25) is 0 Å². The van der Waals surface area contributed by atoms with E-state index in [1.54, 1.807) is 44.9 Å². The summed E-state index contributed by atoms with van der Waals surface area (Å²) >= 11 is 1.74. The number of amides is 2. The van der Waals surface area contributed by atoms with E-state index in [1.807, 2.05) is 30.5 Å². The van der Waals surface area contributed by atoms with Gasteiger partial charge in [-0.15, -0.1) is 0 Å². The Bertz CT molecular complexity index is 647. The highest BCUT2D eigenvalue weighted by atomic mass is 32.2. The van der Waals surface area contributed by atoms with Crippen LogP contribution in [0.3, 0.4) is 0 Å². The zero-order valence-electron chi connectivity index (χ0n) is 16.9. The number of likely N-dealkylation sites (N-methyl/N-ethyl adjacent to an activating group) is 1. The molecule has 0 aliphatic heterocycles. The first-order valence-electron chi connectivity index (χ1n) is 8.87. The molecule has 0 fully saturated rings. The van der Waals surface area contributed by atoms with Gasteiger partial charge in [0.05, 0.1) is 0 Å². The van der Waals surface area contributed by atoms with Crippen molar-refractivity contribution in [2.45, 2.75) is 6.42 Å². The van der Waals surface area contributed by atoms with Crippen LogP contribution in [0.5, 0.6) is 0 Å². The quantitative estimate of drug-likeness (QED) is 0.371. The fourth-order valence-corrected chi connectivity index (χ4v) is 2.48. The van der Waals surface area contributed by atoms with Crippen molar-refractivity contribution in [3.05, 3.63) is 35.4 Å². The van der Waals surface area contributed by atoms with Crippen molar-refractivity contribution >= 4 is 29.5 Å². The van der Waals surface area contributed by atoms with Crippen LogP contribution in [0.1, 0.15) is 15.9 Å². The lowest BCUT2D eigenvalue weighted by molar-refractivity contribution is -0.127. The average Bonchev–Trinajstić information content (AvgIpc) is 2.64. The van der Waals surface area contributed by atoms with Gasteiger partial charge in [0, 0.05) is 52.6 Å². The summed E-state index contributed by atoms with van der Waals surface area (Å²) in [5.41, 5.74) is 1.75. The summed E-state index contributed by atoms with van der Waals surface area (Å²) < 4.78 is 0. The summed E-state index contributed by atoms with van der Waals surface area (Å²) in [4.78, 5) is 31.3. The van der Waals surface area contributed by atoms with E-state index in [2.05, 4.69) is 15.6 Å². The summed E-state index contributed by atoms with van der Waals surface area (Å²) in [5.74, 6) is 1.53. The second-order valence-electron chi connectivity index (χ2n) is 6.45. The summed E-state index contributed by atoms with van der Waals surface area (Å²) in [6.07, 6.45) is 2.79. The van der Waals surface area contributed by atoms with Crippen molar-refractivity contribution < 1.29 is 9.59 Å². The molecule has 0 radical (unpaired) electrons. The Labute approximate surface area is 166 Å². The van der Waals surface area contributed by atoms with Gasteiger partial charge in [0.2, 0.25) is 5.91 Å². The normalized spacial score (nSPS) is 11.1.